The van der Waals surface area contributed by atoms with Crippen LogP contribution < -0.4 is 15.0 Å². The van der Waals surface area contributed by atoms with Crippen molar-refractivity contribution in [2.45, 2.75) is 25.6 Å². The molecule has 0 aromatic heterocycles. The fourth-order valence-electron chi connectivity index (χ4n) is 4.21. The zero-order valence-electron chi connectivity index (χ0n) is 16.5. The maximum absolute atomic E-state index is 13.3. The van der Waals surface area contributed by atoms with Gasteiger partial charge in [-0.15, -0.1) is 0 Å². The minimum Gasteiger partial charge on any atom is -0.465 e. The summed E-state index contributed by atoms with van der Waals surface area (Å²) in [6.45, 7) is 3.89. The van der Waals surface area contributed by atoms with Gasteiger partial charge in [0.25, 0.3) is 0 Å². The zero-order chi connectivity index (χ0) is 21.1. The summed E-state index contributed by atoms with van der Waals surface area (Å²) in [6, 6.07) is 10.9. The van der Waals surface area contributed by atoms with E-state index in [1.54, 1.807) is 31.1 Å². The molecule has 2 aromatic carbocycles. The van der Waals surface area contributed by atoms with Gasteiger partial charge in [0, 0.05) is 30.4 Å². The molecule has 0 spiro atoms. The van der Waals surface area contributed by atoms with Gasteiger partial charge in [0.05, 0.1) is 11.1 Å². The van der Waals surface area contributed by atoms with Crippen LogP contribution in [0.15, 0.2) is 36.4 Å². The van der Waals surface area contributed by atoms with Crippen molar-refractivity contribution in [3.8, 4) is 5.75 Å². The van der Waals surface area contributed by atoms with Crippen LogP contribution in [-0.2, 0) is 4.79 Å². The number of nitrogens with one attached hydrogen (secondary N) is 1. The third-order valence-electron chi connectivity index (χ3n) is 5.48. The SMILES string of the molecule is Cc1cccc(N2C(=S)NC3c4cc(Cl)cc(Cl)c4OC2(C)C3C(=O)N(C)C)c1. The van der Waals surface area contributed by atoms with E-state index in [1.807, 2.05) is 43.0 Å². The Bertz CT molecular complexity index is 1030. The molecule has 2 aliphatic heterocycles. The molecule has 0 radical (unpaired) electrons. The number of halogens is 2. The van der Waals surface area contributed by atoms with Crippen LogP contribution in [0.25, 0.3) is 0 Å². The van der Waals surface area contributed by atoms with Gasteiger partial charge in [0.2, 0.25) is 5.91 Å². The molecular formula is C21H21Cl2N3O2S. The van der Waals surface area contributed by atoms with Gasteiger partial charge in [-0.05, 0) is 55.9 Å². The van der Waals surface area contributed by atoms with E-state index in [2.05, 4.69) is 5.32 Å². The summed E-state index contributed by atoms with van der Waals surface area (Å²) >= 11 is 18.5. The van der Waals surface area contributed by atoms with E-state index in [4.69, 9.17) is 40.2 Å². The Hall–Kier alpha value is -2.02. The lowest BCUT2D eigenvalue weighted by atomic mass is 9.78. The molecule has 152 valence electrons. The number of carbonyl (C=O) groups is 1. The van der Waals surface area contributed by atoms with Gasteiger partial charge in [0.1, 0.15) is 11.7 Å². The van der Waals surface area contributed by atoms with E-state index in [0.29, 0.717) is 20.9 Å². The lowest BCUT2D eigenvalue weighted by Crippen LogP contribution is -2.72. The van der Waals surface area contributed by atoms with E-state index >= 15 is 0 Å². The molecule has 2 aromatic rings. The predicted octanol–water partition coefficient (Wildman–Crippen LogP) is 4.55. The third kappa shape index (κ3) is 3.14. The monoisotopic (exact) mass is 449 g/mol. The van der Waals surface area contributed by atoms with Gasteiger partial charge < -0.3 is 15.0 Å². The Morgan fingerprint density at radius 1 is 1.28 bits per heavy atom. The van der Waals surface area contributed by atoms with Crippen LogP contribution in [0.2, 0.25) is 10.0 Å². The van der Waals surface area contributed by atoms with E-state index in [-0.39, 0.29) is 5.91 Å². The molecule has 1 saturated heterocycles. The molecule has 5 nitrogen and oxygen atoms in total. The van der Waals surface area contributed by atoms with Crippen molar-refractivity contribution in [2.24, 2.45) is 5.92 Å². The second-order valence-electron chi connectivity index (χ2n) is 7.77. The smallest absolute Gasteiger partial charge is 0.233 e. The highest BCUT2D eigenvalue weighted by atomic mass is 35.5. The van der Waals surface area contributed by atoms with Gasteiger partial charge in [-0.3, -0.25) is 9.69 Å². The number of aryl methyl sites for hydroxylation is 1. The Balaban J connectivity index is 1.96. The average Bonchev–Trinajstić information content (AvgIpc) is 2.62. The minimum absolute atomic E-state index is 0.0769. The highest BCUT2D eigenvalue weighted by Gasteiger charge is 2.59. The molecule has 29 heavy (non-hydrogen) atoms. The predicted molar refractivity (Wildman–Crippen MR) is 120 cm³/mol. The van der Waals surface area contributed by atoms with Crippen LogP contribution in [0.5, 0.6) is 5.75 Å². The summed E-state index contributed by atoms with van der Waals surface area (Å²) < 4.78 is 6.50. The second kappa shape index (κ2) is 7.04. The molecule has 0 aliphatic carbocycles. The number of rotatable bonds is 2. The quantitative estimate of drug-likeness (QED) is 0.681. The molecule has 2 aliphatic rings. The van der Waals surface area contributed by atoms with Crippen molar-refractivity contribution < 1.29 is 9.53 Å². The van der Waals surface area contributed by atoms with E-state index in [1.165, 1.54) is 0 Å². The number of ether oxygens (including phenoxy) is 1. The molecule has 4 rings (SSSR count). The number of carbonyl (C=O) groups excluding carboxylic acids is 1. The lowest BCUT2D eigenvalue weighted by Gasteiger charge is -2.56. The fourth-order valence-corrected chi connectivity index (χ4v) is 5.17. The van der Waals surface area contributed by atoms with Crippen molar-refractivity contribution in [1.29, 1.82) is 0 Å². The molecule has 2 bridgehead atoms. The first-order chi connectivity index (χ1) is 13.6. The molecule has 8 heteroatoms. The number of nitrogens with zero attached hydrogens (tertiary/aromatic N) is 2. The van der Waals surface area contributed by atoms with Crippen LogP contribution in [0.3, 0.4) is 0 Å². The van der Waals surface area contributed by atoms with Crippen molar-refractivity contribution in [2.75, 3.05) is 19.0 Å². The maximum atomic E-state index is 13.3. The Kier molecular flexibility index (Phi) is 4.92. The largest absolute Gasteiger partial charge is 0.465 e. The fraction of sp³-hybridized carbons (Fsp3) is 0.333. The highest BCUT2D eigenvalue weighted by molar-refractivity contribution is 7.80. The molecule has 1 fully saturated rings. The number of thiocarbonyl (C=S) groups is 1. The van der Waals surface area contributed by atoms with Crippen molar-refractivity contribution in [3.05, 3.63) is 57.6 Å². The summed E-state index contributed by atoms with van der Waals surface area (Å²) in [5, 5.41) is 4.71. The normalized spacial score (nSPS) is 25.0. The number of benzene rings is 2. The van der Waals surface area contributed by atoms with Crippen LogP contribution >= 0.6 is 35.4 Å². The third-order valence-corrected chi connectivity index (χ3v) is 6.28. The van der Waals surface area contributed by atoms with Crippen molar-refractivity contribution in [1.82, 2.24) is 10.2 Å². The van der Waals surface area contributed by atoms with Crippen LogP contribution in [0, 0.1) is 12.8 Å². The number of hydrogen-bond acceptors (Lipinski definition) is 3. The van der Waals surface area contributed by atoms with Crippen LogP contribution in [0.4, 0.5) is 5.69 Å². The van der Waals surface area contributed by atoms with E-state index < -0.39 is 17.7 Å². The first-order valence-electron chi connectivity index (χ1n) is 9.20. The van der Waals surface area contributed by atoms with Gasteiger partial charge in [-0.1, -0.05) is 35.3 Å². The summed E-state index contributed by atoms with van der Waals surface area (Å²) in [7, 11) is 3.47. The molecular weight excluding hydrogens is 429 g/mol. The molecule has 1 amide bonds. The number of amides is 1. The van der Waals surface area contributed by atoms with Gasteiger partial charge >= 0.3 is 0 Å². The van der Waals surface area contributed by atoms with Gasteiger partial charge in [0.15, 0.2) is 10.8 Å². The maximum Gasteiger partial charge on any atom is 0.233 e. The van der Waals surface area contributed by atoms with E-state index in [0.717, 1.165) is 16.8 Å². The molecule has 1 N–H and O–H groups in total. The number of anilines is 1. The summed E-state index contributed by atoms with van der Waals surface area (Å²) in [5.74, 6) is -0.141. The lowest BCUT2D eigenvalue weighted by molar-refractivity contribution is -0.144. The Morgan fingerprint density at radius 3 is 2.66 bits per heavy atom. The molecule has 2 heterocycles. The summed E-state index contributed by atoms with van der Waals surface area (Å²) in [6.07, 6.45) is 0. The summed E-state index contributed by atoms with van der Waals surface area (Å²) in [4.78, 5) is 16.8. The molecule has 3 atom stereocenters. The Morgan fingerprint density at radius 2 is 2.00 bits per heavy atom. The summed E-state index contributed by atoms with van der Waals surface area (Å²) in [5.41, 5.74) is 1.57. The van der Waals surface area contributed by atoms with Crippen LogP contribution in [-0.4, -0.2) is 35.7 Å². The van der Waals surface area contributed by atoms with Gasteiger partial charge in [-0.2, -0.15) is 0 Å². The van der Waals surface area contributed by atoms with Gasteiger partial charge in [-0.25, -0.2) is 0 Å². The Labute approximate surface area is 185 Å². The first-order valence-corrected chi connectivity index (χ1v) is 10.4. The van der Waals surface area contributed by atoms with Crippen molar-refractivity contribution >= 4 is 52.1 Å². The average molecular weight is 450 g/mol. The van der Waals surface area contributed by atoms with Crippen LogP contribution in [0.1, 0.15) is 24.1 Å². The highest BCUT2D eigenvalue weighted by Crippen LogP contribution is 2.52. The number of fused-ring (bicyclic) bond motifs is 4. The number of hydrogen-bond donors (Lipinski definition) is 1. The second-order valence-corrected chi connectivity index (χ2v) is 9.00. The minimum atomic E-state index is -1.08. The topological polar surface area (TPSA) is 44.8 Å². The standard InChI is InChI=1S/C21H21Cl2N3O2S/c1-11-6-5-7-13(8-11)26-20(29)24-17-14-9-12(22)10-15(23)18(14)28-21(26,2)16(17)19(27)25(3)4/h5-10,16-17H,1-4H3,(H,24,29). The zero-order valence-corrected chi connectivity index (χ0v) is 18.8. The molecule has 3 unspecified atom stereocenters. The first kappa shape index (κ1) is 20.3. The van der Waals surface area contributed by atoms with Crippen molar-refractivity contribution in [3.63, 3.8) is 0 Å². The van der Waals surface area contributed by atoms with E-state index in [9.17, 15) is 4.79 Å². The molecule has 0 saturated carbocycles.